The maximum Gasteiger partial charge on any atom is 0.267 e. The van der Waals surface area contributed by atoms with E-state index in [9.17, 15) is 4.79 Å². The molecule has 0 aliphatic heterocycles. The molecule has 2 aromatic heterocycles. The zero-order valence-electron chi connectivity index (χ0n) is 17.7. The van der Waals surface area contributed by atoms with Crippen molar-refractivity contribution in [3.05, 3.63) is 93.6 Å². The van der Waals surface area contributed by atoms with Gasteiger partial charge in [0.15, 0.2) is 0 Å². The van der Waals surface area contributed by atoms with Crippen molar-refractivity contribution in [2.45, 2.75) is 44.6 Å². The van der Waals surface area contributed by atoms with Crippen LogP contribution >= 0.6 is 11.6 Å². The van der Waals surface area contributed by atoms with Crippen LogP contribution in [0.5, 0.6) is 0 Å². The Morgan fingerprint density at radius 2 is 1.78 bits per heavy atom. The predicted molar refractivity (Wildman–Crippen MR) is 126 cm³/mol. The van der Waals surface area contributed by atoms with E-state index in [1.54, 1.807) is 6.07 Å². The Bertz CT molecular complexity index is 1290. The van der Waals surface area contributed by atoms with E-state index in [4.69, 9.17) is 16.0 Å². The number of halogens is 1. The monoisotopic (exact) mass is 445 g/mol. The molecule has 2 aromatic carbocycles. The van der Waals surface area contributed by atoms with E-state index in [1.807, 2.05) is 54.7 Å². The second kappa shape index (κ2) is 9.13. The molecule has 1 aliphatic rings. The van der Waals surface area contributed by atoms with Crippen LogP contribution in [0.3, 0.4) is 0 Å². The van der Waals surface area contributed by atoms with Crippen molar-refractivity contribution in [2.24, 2.45) is 0 Å². The van der Waals surface area contributed by atoms with Crippen LogP contribution in [0.2, 0.25) is 5.02 Å². The van der Waals surface area contributed by atoms with Crippen molar-refractivity contribution in [1.82, 2.24) is 14.8 Å². The number of hydrogen-bond donors (Lipinski definition) is 0. The van der Waals surface area contributed by atoms with Crippen LogP contribution in [0.4, 0.5) is 0 Å². The quantitative estimate of drug-likeness (QED) is 0.361. The Morgan fingerprint density at radius 3 is 2.62 bits per heavy atom. The van der Waals surface area contributed by atoms with Gasteiger partial charge in [-0.05, 0) is 48.7 Å². The summed E-state index contributed by atoms with van der Waals surface area (Å²) in [7, 11) is 0. The predicted octanol–water partition coefficient (Wildman–Crippen LogP) is 6.31. The third-order valence-corrected chi connectivity index (χ3v) is 6.26. The summed E-state index contributed by atoms with van der Waals surface area (Å²) in [5, 5.41) is 5.19. The van der Waals surface area contributed by atoms with Crippen molar-refractivity contribution in [3.8, 4) is 22.7 Å². The van der Waals surface area contributed by atoms with Crippen molar-refractivity contribution >= 4 is 11.6 Å². The van der Waals surface area contributed by atoms with E-state index in [1.165, 1.54) is 42.9 Å². The van der Waals surface area contributed by atoms with Crippen LogP contribution in [0.15, 0.2) is 76.1 Å². The van der Waals surface area contributed by atoms with Gasteiger partial charge in [0.25, 0.3) is 5.56 Å². The van der Waals surface area contributed by atoms with Gasteiger partial charge in [-0.2, -0.15) is 5.10 Å². The Balaban J connectivity index is 1.39. The molecular weight excluding hydrogens is 422 g/mol. The molecule has 0 radical (unpaired) electrons. The molecule has 5 nitrogen and oxygen atoms in total. The first-order chi connectivity index (χ1) is 15.7. The summed E-state index contributed by atoms with van der Waals surface area (Å²) in [5.41, 5.74) is 3.28. The SMILES string of the molecule is O=c1ccc(-c2cccc(Cl)c2)nn1Cc1cccc(-c2ncc(C3CCCCC3)o2)c1. The number of benzene rings is 2. The summed E-state index contributed by atoms with van der Waals surface area (Å²) in [4.78, 5) is 17.0. The average Bonchev–Trinajstić information content (AvgIpc) is 3.32. The Hall–Kier alpha value is -3.18. The molecule has 0 bridgehead atoms. The topological polar surface area (TPSA) is 60.9 Å². The Kier molecular flexibility index (Phi) is 5.91. The van der Waals surface area contributed by atoms with Crippen LogP contribution in [0.25, 0.3) is 22.7 Å². The highest BCUT2D eigenvalue weighted by molar-refractivity contribution is 6.30. The summed E-state index contributed by atoms with van der Waals surface area (Å²) in [6.45, 7) is 0.358. The highest BCUT2D eigenvalue weighted by Gasteiger charge is 2.20. The molecule has 32 heavy (non-hydrogen) atoms. The van der Waals surface area contributed by atoms with Crippen LogP contribution < -0.4 is 5.56 Å². The van der Waals surface area contributed by atoms with E-state index in [0.717, 1.165) is 22.5 Å². The van der Waals surface area contributed by atoms with E-state index in [2.05, 4.69) is 10.1 Å². The number of nitrogens with zero attached hydrogens (tertiary/aromatic N) is 3. The van der Waals surface area contributed by atoms with Crippen LogP contribution in [0, 0.1) is 0 Å². The smallest absolute Gasteiger partial charge is 0.267 e. The third kappa shape index (κ3) is 4.53. The lowest BCUT2D eigenvalue weighted by molar-refractivity contribution is 0.378. The van der Waals surface area contributed by atoms with Crippen molar-refractivity contribution in [2.75, 3.05) is 0 Å². The molecule has 1 fully saturated rings. The van der Waals surface area contributed by atoms with Crippen molar-refractivity contribution in [3.63, 3.8) is 0 Å². The second-order valence-corrected chi connectivity index (χ2v) is 8.76. The van der Waals surface area contributed by atoms with Crippen LogP contribution in [0.1, 0.15) is 49.3 Å². The summed E-state index contributed by atoms with van der Waals surface area (Å²) < 4.78 is 7.59. The van der Waals surface area contributed by atoms with Gasteiger partial charge in [0.2, 0.25) is 5.89 Å². The van der Waals surface area contributed by atoms with Gasteiger partial charge >= 0.3 is 0 Å². The molecule has 0 atom stereocenters. The fourth-order valence-electron chi connectivity index (χ4n) is 4.34. The molecule has 6 heteroatoms. The summed E-state index contributed by atoms with van der Waals surface area (Å²) in [6.07, 6.45) is 8.04. The van der Waals surface area contributed by atoms with E-state index in [-0.39, 0.29) is 5.56 Å². The van der Waals surface area contributed by atoms with Crippen LogP contribution in [-0.4, -0.2) is 14.8 Å². The molecule has 162 valence electrons. The summed E-state index contributed by atoms with van der Waals surface area (Å²) in [5.74, 6) is 2.09. The standard InChI is InChI=1S/C26H24ClN3O2/c27-22-11-5-9-20(15-22)23-12-13-25(31)30(29-23)17-18-6-4-10-21(14-18)26-28-16-24(32-26)19-7-2-1-3-8-19/h4-6,9-16,19H,1-3,7-8,17H2. The number of aromatic nitrogens is 3. The Morgan fingerprint density at radius 1 is 0.969 bits per heavy atom. The Labute approximate surface area is 191 Å². The summed E-state index contributed by atoms with van der Waals surface area (Å²) in [6, 6.07) is 18.6. The largest absolute Gasteiger partial charge is 0.441 e. The number of oxazole rings is 1. The highest BCUT2D eigenvalue weighted by atomic mass is 35.5. The average molecular weight is 446 g/mol. The van der Waals surface area contributed by atoms with E-state index >= 15 is 0 Å². The molecule has 1 aliphatic carbocycles. The van der Waals surface area contributed by atoms with Gasteiger partial charge in [-0.1, -0.05) is 55.1 Å². The molecular formula is C26H24ClN3O2. The maximum absolute atomic E-state index is 12.5. The first kappa shape index (κ1) is 20.7. The number of hydrogen-bond acceptors (Lipinski definition) is 4. The highest BCUT2D eigenvalue weighted by Crippen LogP contribution is 2.34. The maximum atomic E-state index is 12.5. The first-order valence-electron chi connectivity index (χ1n) is 11.0. The van der Waals surface area contributed by atoms with Gasteiger partial charge in [-0.3, -0.25) is 4.79 Å². The van der Waals surface area contributed by atoms with Gasteiger partial charge in [0.1, 0.15) is 5.76 Å². The minimum absolute atomic E-state index is 0.156. The zero-order chi connectivity index (χ0) is 21.9. The molecule has 0 amide bonds. The minimum atomic E-state index is -0.156. The lowest BCUT2D eigenvalue weighted by atomic mass is 9.88. The molecule has 2 heterocycles. The molecule has 4 aromatic rings. The lowest BCUT2D eigenvalue weighted by Gasteiger charge is -2.18. The normalized spacial score (nSPS) is 14.5. The van der Waals surface area contributed by atoms with Gasteiger partial charge in [-0.15, -0.1) is 0 Å². The minimum Gasteiger partial charge on any atom is -0.441 e. The van der Waals surface area contributed by atoms with Gasteiger partial charge in [-0.25, -0.2) is 9.67 Å². The van der Waals surface area contributed by atoms with Gasteiger partial charge in [0, 0.05) is 28.1 Å². The molecule has 0 spiro atoms. The third-order valence-electron chi connectivity index (χ3n) is 6.02. The van der Waals surface area contributed by atoms with Gasteiger partial charge in [0.05, 0.1) is 18.4 Å². The fraction of sp³-hybridized carbons (Fsp3) is 0.269. The molecule has 0 N–H and O–H groups in total. The van der Waals surface area contributed by atoms with Crippen molar-refractivity contribution in [1.29, 1.82) is 0 Å². The van der Waals surface area contributed by atoms with Crippen molar-refractivity contribution < 1.29 is 4.42 Å². The number of rotatable bonds is 5. The molecule has 5 rings (SSSR count). The fourth-order valence-corrected chi connectivity index (χ4v) is 4.53. The van der Waals surface area contributed by atoms with E-state index < -0.39 is 0 Å². The first-order valence-corrected chi connectivity index (χ1v) is 11.4. The van der Waals surface area contributed by atoms with E-state index in [0.29, 0.717) is 29.1 Å². The summed E-state index contributed by atoms with van der Waals surface area (Å²) >= 11 is 6.11. The zero-order valence-corrected chi connectivity index (χ0v) is 18.5. The van der Waals surface area contributed by atoms with Crippen LogP contribution in [-0.2, 0) is 6.54 Å². The molecule has 0 saturated heterocycles. The van der Waals surface area contributed by atoms with Gasteiger partial charge < -0.3 is 4.42 Å². The molecule has 0 unspecified atom stereocenters. The molecule has 1 saturated carbocycles. The second-order valence-electron chi connectivity index (χ2n) is 8.33. The lowest BCUT2D eigenvalue weighted by Crippen LogP contribution is -2.22.